The monoisotopic (exact) mass is 224 g/mol. The number of nitrogens with zero attached hydrogens (tertiary/aromatic N) is 3. The molecule has 80 valence electrons. The molecule has 0 aliphatic heterocycles. The minimum absolute atomic E-state index is 0.0752. The van der Waals surface area contributed by atoms with Gasteiger partial charge in [-0.05, 0) is 6.92 Å². The average Bonchev–Trinajstić information content (AvgIpc) is 2.73. The van der Waals surface area contributed by atoms with Gasteiger partial charge >= 0.3 is 4.87 Å². The fourth-order valence-corrected chi connectivity index (χ4v) is 2.17. The first kappa shape index (κ1) is 9.97. The number of anilines is 1. The molecule has 5 nitrogen and oxygen atoms in total. The van der Waals surface area contributed by atoms with E-state index in [1.54, 1.807) is 10.8 Å². The SMILES string of the molecule is Cc1csc(=O)n1CCn1ccnc1N. The Labute approximate surface area is 90.8 Å². The highest BCUT2D eigenvalue weighted by molar-refractivity contribution is 7.07. The van der Waals surface area contributed by atoms with Gasteiger partial charge in [0.1, 0.15) is 0 Å². The molecule has 6 heteroatoms. The summed E-state index contributed by atoms with van der Waals surface area (Å²) >= 11 is 1.22. The van der Waals surface area contributed by atoms with E-state index in [4.69, 9.17) is 5.73 Å². The number of aromatic nitrogens is 3. The smallest absolute Gasteiger partial charge is 0.307 e. The van der Waals surface area contributed by atoms with Gasteiger partial charge in [-0.3, -0.25) is 4.79 Å². The number of hydrogen-bond acceptors (Lipinski definition) is 4. The van der Waals surface area contributed by atoms with E-state index in [2.05, 4.69) is 4.98 Å². The molecule has 0 aliphatic carbocycles. The summed E-state index contributed by atoms with van der Waals surface area (Å²) in [5.74, 6) is 0.482. The highest BCUT2D eigenvalue weighted by Crippen LogP contribution is 2.02. The molecular weight excluding hydrogens is 212 g/mol. The Bertz CT molecular complexity index is 510. The van der Waals surface area contributed by atoms with Gasteiger partial charge in [-0.2, -0.15) is 0 Å². The Balaban J connectivity index is 2.12. The van der Waals surface area contributed by atoms with Gasteiger partial charge in [0.25, 0.3) is 0 Å². The van der Waals surface area contributed by atoms with Crippen LogP contribution in [-0.2, 0) is 13.1 Å². The topological polar surface area (TPSA) is 65.8 Å². The van der Waals surface area contributed by atoms with Gasteiger partial charge in [0, 0.05) is 36.6 Å². The van der Waals surface area contributed by atoms with Crippen molar-refractivity contribution in [1.82, 2.24) is 14.1 Å². The van der Waals surface area contributed by atoms with Crippen LogP contribution >= 0.6 is 11.3 Å². The average molecular weight is 224 g/mol. The number of aryl methyl sites for hydroxylation is 2. The third kappa shape index (κ3) is 1.94. The van der Waals surface area contributed by atoms with Crippen molar-refractivity contribution >= 4 is 17.3 Å². The van der Waals surface area contributed by atoms with Crippen molar-refractivity contribution in [3.8, 4) is 0 Å². The van der Waals surface area contributed by atoms with Gasteiger partial charge in [-0.25, -0.2) is 4.98 Å². The summed E-state index contributed by atoms with van der Waals surface area (Å²) in [6.45, 7) is 3.23. The maximum absolute atomic E-state index is 11.4. The molecule has 15 heavy (non-hydrogen) atoms. The second-order valence-corrected chi connectivity index (χ2v) is 4.09. The molecule has 0 aromatic carbocycles. The maximum atomic E-state index is 11.4. The summed E-state index contributed by atoms with van der Waals surface area (Å²) in [4.78, 5) is 15.4. The van der Waals surface area contributed by atoms with E-state index in [1.165, 1.54) is 11.3 Å². The second kappa shape index (κ2) is 3.90. The second-order valence-electron chi connectivity index (χ2n) is 3.27. The molecule has 0 saturated carbocycles. The van der Waals surface area contributed by atoms with Gasteiger partial charge < -0.3 is 14.9 Å². The van der Waals surface area contributed by atoms with Gasteiger partial charge in [0.15, 0.2) is 5.95 Å². The number of nitrogens with two attached hydrogens (primary N) is 1. The molecule has 0 unspecified atom stereocenters. The standard InChI is InChI=1S/C9H12N4OS/c1-7-6-15-9(14)13(7)5-4-12-3-2-11-8(12)10/h2-3,6H,4-5H2,1H3,(H2,10,11). The van der Waals surface area contributed by atoms with E-state index in [9.17, 15) is 4.79 Å². The molecular formula is C9H12N4OS. The summed E-state index contributed by atoms with van der Waals surface area (Å²) in [6, 6.07) is 0. The molecule has 0 amide bonds. The number of hydrogen-bond donors (Lipinski definition) is 1. The van der Waals surface area contributed by atoms with E-state index < -0.39 is 0 Å². The van der Waals surface area contributed by atoms with Gasteiger partial charge in [0.05, 0.1) is 0 Å². The summed E-state index contributed by atoms with van der Waals surface area (Å²) in [7, 11) is 0. The molecule has 2 aromatic heterocycles. The largest absolute Gasteiger partial charge is 0.369 e. The fourth-order valence-electron chi connectivity index (χ4n) is 1.41. The zero-order valence-corrected chi connectivity index (χ0v) is 9.20. The Hall–Kier alpha value is -1.56. The van der Waals surface area contributed by atoms with Crippen LogP contribution in [-0.4, -0.2) is 14.1 Å². The molecule has 0 atom stereocenters. The third-order valence-electron chi connectivity index (χ3n) is 2.29. The highest BCUT2D eigenvalue weighted by atomic mass is 32.1. The predicted molar refractivity (Wildman–Crippen MR) is 60.0 cm³/mol. The lowest BCUT2D eigenvalue weighted by molar-refractivity contribution is 0.568. The van der Waals surface area contributed by atoms with Crippen LogP contribution in [0.5, 0.6) is 0 Å². The molecule has 0 bridgehead atoms. The molecule has 2 rings (SSSR count). The minimum Gasteiger partial charge on any atom is -0.369 e. The first-order valence-corrected chi connectivity index (χ1v) is 5.48. The van der Waals surface area contributed by atoms with Crippen LogP contribution in [0.4, 0.5) is 5.95 Å². The lowest BCUT2D eigenvalue weighted by Crippen LogP contribution is -2.18. The van der Waals surface area contributed by atoms with Crippen molar-refractivity contribution in [1.29, 1.82) is 0 Å². The lowest BCUT2D eigenvalue weighted by atomic mass is 10.5. The number of nitrogen functional groups attached to an aromatic ring is 1. The van der Waals surface area contributed by atoms with Crippen molar-refractivity contribution in [2.24, 2.45) is 0 Å². The van der Waals surface area contributed by atoms with E-state index in [-0.39, 0.29) is 4.87 Å². The van der Waals surface area contributed by atoms with E-state index in [0.29, 0.717) is 19.0 Å². The minimum atomic E-state index is 0.0752. The molecule has 2 aromatic rings. The first-order valence-electron chi connectivity index (χ1n) is 4.60. The summed E-state index contributed by atoms with van der Waals surface area (Å²) in [5, 5.41) is 1.86. The van der Waals surface area contributed by atoms with E-state index in [0.717, 1.165) is 5.69 Å². The van der Waals surface area contributed by atoms with Crippen molar-refractivity contribution < 1.29 is 0 Å². The Morgan fingerprint density at radius 2 is 2.33 bits per heavy atom. The molecule has 2 heterocycles. The van der Waals surface area contributed by atoms with Crippen LogP contribution in [0.25, 0.3) is 0 Å². The zero-order valence-electron chi connectivity index (χ0n) is 8.38. The predicted octanol–water partition coefficient (Wildman–Crippen LogP) is 0.697. The normalized spacial score (nSPS) is 10.7. The quantitative estimate of drug-likeness (QED) is 0.834. The Morgan fingerprint density at radius 1 is 1.53 bits per heavy atom. The fraction of sp³-hybridized carbons (Fsp3) is 0.333. The molecule has 0 aliphatic rings. The van der Waals surface area contributed by atoms with Crippen LogP contribution in [0.2, 0.25) is 0 Å². The van der Waals surface area contributed by atoms with Crippen molar-refractivity contribution in [3.05, 3.63) is 33.1 Å². The van der Waals surface area contributed by atoms with E-state index in [1.807, 2.05) is 23.1 Å². The molecule has 0 fully saturated rings. The van der Waals surface area contributed by atoms with Crippen molar-refractivity contribution in [2.45, 2.75) is 20.0 Å². The van der Waals surface area contributed by atoms with Gasteiger partial charge in [-0.1, -0.05) is 11.3 Å². The van der Waals surface area contributed by atoms with Crippen LogP contribution in [0.1, 0.15) is 5.69 Å². The number of thiazole rings is 1. The molecule has 2 N–H and O–H groups in total. The van der Waals surface area contributed by atoms with Crippen molar-refractivity contribution in [3.63, 3.8) is 0 Å². The maximum Gasteiger partial charge on any atom is 0.307 e. The van der Waals surface area contributed by atoms with Crippen LogP contribution in [0, 0.1) is 6.92 Å². The highest BCUT2D eigenvalue weighted by Gasteiger charge is 2.03. The molecule has 0 saturated heterocycles. The summed E-state index contributed by atoms with van der Waals surface area (Å²) < 4.78 is 3.56. The summed E-state index contributed by atoms with van der Waals surface area (Å²) in [5.41, 5.74) is 6.61. The summed E-state index contributed by atoms with van der Waals surface area (Å²) in [6.07, 6.45) is 3.46. The third-order valence-corrected chi connectivity index (χ3v) is 3.17. The zero-order chi connectivity index (χ0) is 10.8. The molecule has 0 radical (unpaired) electrons. The van der Waals surface area contributed by atoms with Crippen LogP contribution < -0.4 is 10.6 Å². The number of rotatable bonds is 3. The Kier molecular flexibility index (Phi) is 2.59. The lowest BCUT2D eigenvalue weighted by Gasteiger charge is -2.06. The van der Waals surface area contributed by atoms with E-state index >= 15 is 0 Å². The first-order chi connectivity index (χ1) is 7.18. The van der Waals surface area contributed by atoms with Crippen LogP contribution in [0.15, 0.2) is 22.6 Å². The molecule has 0 spiro atoms. The number of imidazole rings is 1. The van der Waals surface area contributed by atoms with Crippen molar-refractivity contribution in [2.75, 3.05) is 5.73 Å². The Morgan fingerprint density at radius 3 is 2.87 bits per heavy atom. The van der Waals surface area contributed by atoms with Gasteiger partial charge in [0.2, 0.25) is 0 Å². The van der Waals surface area contributed by atoms with Crippen LogP contribution in [0.3, 0.4) is 0 Å². The van der Waals surface area contributed by atoms with Gasteiger partial charge in [-0.15, -0.1) is 0 Å².